The molecule has 5 N–H and O–H groups in total. The third-order valence-corrected chi connectivity index (χ3v) is 13.2. The van der Waals surface area contributed by atoms with E-state index in [2.05, 4.69) is 64.9 Å². The summed E-state index contributed by atoms with van der Waals surface area (Å²) in [7, 11) is 3.93. The van der Waals surface area contributed by atoms with Gasteiger partial charge in [0.1, 0.15) is 30.0 Å². The van der Waals surface area contributed by atoms with Crippen LogP contribution in [0.3, 0.4) is 0 Å². The van der Waals surface area contributed by atoms with E-state index in [4.69, 9.17) is 39.0 Å². The molecule has 8 aromatic heterocycles. The number of aromatic nitrogens is 10. The second-order valence-corrected chi connectivity index (χ2v) is 18.5. The predicted octanol–water partition coefficient (Wildman–Crippen LogP) is 4.31. The number of aryl methyl sites for hydroxylation is 1. The molecular weight excluding hydrogens is 937 g/mol. The van der Waals surface area contributed by atoms with Crippen LogP contribution >= 0.6 is 0 Å². The fraction of sp³-hybridized carbons (Fsp3) is 0.388. The normalized spacial score (nSPS) is 17.7. The van der Waals surface area contributed by atoms with Gasteiger partial charge in [-0.05, 0) is 51.1 Å². The zero-order chi connectivity index (χ0) is 50.0. The smallest absolute Gasteiger partial charge is 0.300 e. The third kappa shape index (κ3) is 10.5. The van der Waals surface area contributed by atoms with Crippen LogP contribution in [0.2, 0.25) is 0 Å². The largest absolute Gasteiger partial charge is 0.422 e. The number of piperidine rings is 1. The van der Waals surface area contributed by atoms with Gasteiger partial charge in [0.05, 0.1) is 54.7 Å². The summed E-state index contributed by atoms with van der Waals surface area (Å²) < 4.78 is 27.0. The van der Waals surface area contributed by atoms with Crippen molar-refractivity contribution < 1.29 is 27.9 Å². The Balaban J connectivity index is 0.725. The lowest BCUT2D eigenvalue weighted by Crippen LogP contribution is -2.50. The van der Waals surface area contributed by atoms with Gasteiger partial charge in [-0.1, -0.05) is 12.1 Å². The van der Waals surface area contributed by atoms with E-state index in [1.165, 1.54) is 0 Å². The summed E-state index contributed by atoms with van der Waals surface area (Å²) in [6.07, 6.45) is 8.88. The lowest BCUT2D eigenvalue weighted by Gasteiger charge is -2.38. The maximum Gasteiger partial charge on any atom is 0.300 e. The Morgan fingerprint density at radius 2 is 1.40 bits per heavy atom. The number of likely N-dealkylation sites (N-methyl/N-ethyl adjacent to an activating group) is 1. The van der Waals surface area contributed by atoms with Crippen molar-refractivity contribution in [1.29, 1.82) is 0 Å². The molecule has 24 nitrogen and oxygen atoms in total. The van der Waals surface area contributed by atoms with Crippen molar-refractivity contribution in [2.24, 2.45) is 12.8 Å². The van der Waals surface area contributed by atoms with Crippen molar-refractivity contribution in [2.75, 3.05) is 110 Å². The lowest BCUT2D eigenvalue weighted by molar-refractivity contribution is 0.0763. The van der Waals surface area contributed by atoms with Gasteiger partial charge in [0.15, 0.2) is 11.2 Å². The standard InChI is InChI=1S/C49H56N18O6/c1-30-25-66(15-14-62(30)2)45-34(46(68)56-40-10-4-8-36(54-40)31-23-52-63(3)26-31)21-38-42(58-45)60-48(72-38)51-12-18-71-29-67-27-32(24-53-67)37-9-5-11-41(55-37)57-47(69)35-22-39-43(59-44(35)65-13-6-7-33(50)28-65)61-49(73-39)64-16-19-70-20-17-64/h4-5,8-11,21-24,26-27,30,33H,6-7,12-20,25,28-29,50H2,1-3H3,(H,51,58,60)(H,54,56,68)(H,55,57,69). The minimum absolute atomic E-state index is 0.0418. The summed E-state index contributed by atoms with van der Waals surface area (Å²) in [6, 6.07) is 15.1. The molecule has 0 radical (unpaired) electrons. The molecule has 3 saturated heterocycles. The number of anilines is 6. The van der Waals surface area contributed by atoms with Crippen LogP contribution in [0.1, 0.15) is 40.5 Å². The van der Waals surface area contributed by atoms with Gasteiger partial charge in [-0.3, -0.25) is 14.3 Å². The van der Waals surface area contributed by atoms with Crippen LogP contribution in [0, 0.1) is 0 Å². The maximum atomic E-state index is 14.1. The van der Waals surface area contributed by atoms with Gasteiger partial charge in [-0.15, -0.1) is 0 Å². The van der Waals surface area contributed by atoms with E-state index >= 15 is 0 Å². The van der Waals surface area contributed by atoms with E-state index in [-0.39, 0.29) is 36.6 Å². The van der Waals surface area contributed by atoms with Crippen LogP contribution in [0.4, 0.5) is 35.3 Å². The summed E-state index contributed by atoms with van der Waals surface area (Å²) in [4.78, 5) is 65.0. The minimum Gasteiger partial charge on any atom is -0.422 e. The number of hydrogen-bond acceptors (Lipinski definition) is 20. The molecule has 0 bridgehead atoms. The molecule has 3 aliphatic rings. The Kier molecular flexibility index (Phi) is 13.3. The SMILES string of the molecule is CC1CN(c2nc3nc(NCCOCn4cc(-c5cccc(NC(=O)c6cc7oc(N8CCOCC8)nc7nc6N6CCCC(N)C6)n5)cn4)oc3cc2C(=O)Nc2cccc(-c3cnn(C)c3)n2)CCN1C. The van der Waals surface area contributed by atoms with Gasteiger partial charge in [0.25, 0.3) is 23.8 Å². The van der Waals surface area contributed by atoms with Crippen LogP contribution in [0.5, 0.6) is 0 Å². The molecule has 2 atom stereocenters. The number of nitrogens with one attached hydrogen (secondary N) is 3. The van der Waals surface area contributed by atoms with E-state index < -0.39 is 0 Å². The summed E-state index contributed by atoms with van der Waals surface area (Å²) in [5.41, 5.74) is 11.5. The summed E-state index contributed by atoms with van der Waals surface area (Å²) in [5.74, 6) is 1.01. The predicted molar refractivity (Wildman–Crippen MR) is 273 cm³/mol. The second kappa shape index (κ2) is 20.6. The van der Waals surface area contributed by atoms with E-state index in [0.717, 1.165) is 30.5 Å². The van der Waals surface area contributed by atoms with Crippen LogP contribution in [0.25, 0.3) is 45.0 Å². The molecule has 11 heterocycles. The van der Waals surface area contributed by atoms with Crippen molar-refractivity contribution in [1.82, 2.24) is 54.4 Å². The highest BCUT2D eigenvalue weighted by atomic mass is 16.5. The van der Waals surface area contributed by atoms with Crippen molar-refractivity contribution in [3.8, 4) is 22.5 Å². The number of amides is 2. The molecule has 2 unspecified atom stereocenters. The molecule has 0 aromatic carbocycles. The average molecular weight is 993 g/mol. The van der Waals surface area contributed by atoms with Gasteiger partial charge in [-0.2, -0.15) is 20.2 Å². The third-order valence-electron chi connectivity index (χ3n) is 13.2. The topological polar surface area (TPSA) is 267 Å². The van der Waals surface area contributed by atoms with Crippen LogP contribution < -0.4 is 36.4 Å². The van der Waals surface area contributed by atoms with E-state index in [9.17, 15) is 9.59 Å². The van der Waals surface area contributed by atoms with E-state index in [0.29, 0.717) is 140 Å². The van der Waals surface area contributed by atoms with Crippen molar-refractivity contribution >= 4 is 69.6 Å². The number of nitrogens with zero attached hydrogens (tertiary/aromatic N) is 14. The first-order valence-electron chi connectivity index (χ1n) is 24.4. The number of hydrogen-bond donors (Lipinski definition) is 4. The van der Waals surface area contributed by atoms with Crippen LogP contribution in [-0.4, -0.2) is 157 Å². The van der Waals surface area contributed by atoms with E-state index in [1.54, 1.807) is 46.0 Å². The van der Waals surface area contributed by atoms with Crippen LogP contribution in [-0.2, 0) is 23.3 Å². The number of nitrogens with two attached hydrogens (primary N) is 1. The molecular formula is C49H56N18O6. The maximum absolute atomic E-state index is 14.1. The van der Waals surface area contributed by atoms with E-state index in [1.807, 2.05) is 53.5 Å². The van der Waals surface area contributed by atoms with Gasteiger partial charge < -0.3 is 59.6 Å². The molecule has 73 heavy (non-hydrogen) atoms. The highest BCUT2D eigenvalue weighted by molar-refractivity contribution is 6.09. The fourth-order valence-corrected chi connectivity index (χ4v) is 9.13. The number of rotatable bonds is 15. The Bertz CT molecular complexity index is 3270. The Labute approximate surface area is 418 Å². The van der Waals surface area contributed by atoms with Gasteiger partial charge in [0.2, 0.25) is 11.3 Å². The first kappa shape index (κ1) is 47.3. The van der Waals surface area contributed by atoms with Crippen LogP contribution in [0.15, 0.2) is 82.2 Å². The first-order valence-corrected chi connectivity index (χ1v) is 24.4. The molecule has 0 saturated carbocycles. The second-order valence-electron chi connectivity index (χ2n) is 18.5. The highest BCUT2D eigenvalue weighted by Crippen LogP contribution is 2.32. The highest BCUT2D eigenvalue weighted by Gasteiger charge is 2.29. The van der Waals surface area contributed by atoms with Crippen molar-refractivity contribution in [3.05, 3.63) is 84.4 Å². The lowest BCUT2D eigenvalue weighted by atomic mass is 10.1. The number of ether oxygens (including phenoxy) is 2. The average Bonchev–Trinajstić information content (AvgIpc) is 4.24. The molecule has 3 fully saturated rings. The number of morpholine rings is 1. The number of fused-ring (bicyclic) bond motifs is 2. The Morgan fingerprint density at radius 1 is 0.740 bits per heavy atom. The Morgan fingerprint density at radius 3 is 2.07 bits per heavy atom. The number of carbonyl (C=O) groups excluding carboxylic acids is 2. The molecule has 378 valence electrons. The molecule has 2 amide bonds. The van der Waals surface area contributed by atoms with Crippen molar-refractivity contribution in [2.45, 2.75) is 38.6 Å². The molecule has 11 rings (SSSR count). The zero-order valence-electron chi connectivity index (χ0n) is 40.8. The first-order chi connectivity index (χ1) is 35.6. The quantitative estimate of drug-likeness (QED) is 0.104. The molecule has 0 spiro atoms. The zero-order valence-corrected chi connectivity index (χ0v) is 40.8. The monoisotopic (exact) mass is 992 g/mol. The minimum atomic E-state index is -0.389. The van der Waals surface area contributed by atoms with Crippen molar-refractivity contribution in [3.63, 3.8) is 0 Å². The summed E-state index contributed by atoms with van der Waals surface area (Å²) >= 11 is 0. The number of piperazine rings is 1. The molecule has 0 aliphatic carbocycles. The number of pyridine rings is 4. The molecule has 3 aliphatic heterocycles. The molecule has 8 aromatic rings. The van der Waals surface area contributed by atoms with Gasteiger partial charge in [-0.25, -0.2) is 24.6 Å². The van der Waals surface area contributed by atoms with Gasteiger partial charge in [0, 0.05) is 107 Å². The number of carbonyl (C=O) groups is 2. The molecule has 24 heteroatoms. The number of oxazole rings is 2. The Hall–Kier alpha value is -8.06. The summed E-state index contributed by atoms with van der Waals surface area (Å²) in [6.45, 7) is 8.85. The van der Waals surface area contributed by atoms with Gasteiger partial charge >= 0.3 is 0 Å². The summed E-state index contributed by atoms with van der Waals surface area (Å²) in [5, 5.41) is 17.8. The fourth-order valence-electron chi connectivity index (χ4n) is 9.13.